The number of aryl methyl sites for hydroxylation is 4. The standard InChI is InChI=1S/C17H20ClN/c1-10-7-12(3)15(9-11(10)2)17(19)14-5-6-16(18)13(4)8-14/h5-9,17H,19H2,1-4H3. The number of hydrogen-bond acceptors (Lipinski definition) is 1. The Hall–Kier alpha value is -1.31. The molecule has 0 radical (unpaired) electrons. The molecule has 2 rings (SSSR count). The van der Waals surface area contributed by atoms with Gasteiger partial charge < -0.3 is 5.73 Å². The summed E-state index contributed by atoms with van der Waals surface area (Å²) in [6.45, 7) is 8.37. The number of rotatable bonds is 2. The van der Waals surface area contributed by atoms with Crippen LogP contribution < -0.4 is 5.73 Å². The molecular formula is C17H20ClN. The van der Waals surface area contributed by atoms with E-state index in [9.17, 15) is 0 Å². The Kier molecular flexibility index (Phi) is 3.98. The molecule has 2 heteroatoms. The highest BCUT2D eigenvalue weighted by atomic mass is 35.5. The Balaban J connectivity index is 2.46. The second-order valence-corrected chi connectivity index (χ2v) is 5.69. The van der Waals surface area contributed by atoms with Gasteiger partial charge in [-0.2, -0.15) is 0 Å². The Labute approximate surface area is 120 Å². The second-order valence-electron chi connectivity index (χ2n) is 5.28. The van der Waals surface area contributed by atoms with Gasteiger partial charge in [0.05, 0.1) is 6.04 Å². The minimum atomic E-state index is -0.102. The third kappa shape index (κ3) is 2.83. The molecule has 2 aromatic rings. The first kappa shape index (κ1) is 14.1. The minimum absolute atomic E-state index is 0.102. The zero-order chi connectivity index (χ0) is 14.2. The lowest BCUT2D eigenvalue weighted by atomic mass is 9.92. The summed E-state index contributed by atoms with van der Waals surface area (Å²) in [5, 5.41) is 0.785. The Morgan fingerprint density at radius 3 is 2.11 bits per heavy atom. The molecule has 1 nitrogen and oxygen atoms in total. The molecule has 2 aromatic carbocycles. The van der Waals surface area contributed by atoms with Crippen LogP contribution in [-0.2, 0) is 0 Å². The van der Waals surface area contributed by atoms with Crippen molar-refractivity contribution >= 4 is 11.6 Å². The predicted octanol–water partition coefficient (Wildman–Crippen LogP) is 4.62. The second kappa shape index (κ2) is 5.36. The van der Waals surface area contributed by atoms with Crippen molar-refractivity contribution < 1.29 is 0 Å². The molecule has 0 saturated heterocycles. The van der Waals surface area contributed by atoms with Crippen molar-refractivity contribution in [2.75, 3.05) is 0 Å². The molecule has 0 amide bonds. The maximum absolute atomic E-state index is 6.41. The van der Waals surface area contributed by atoms with Crippen LogP contribution in [0.15, 0.2) is 30.3 Å². The van der Waals surface area contributed by atoms with E-state index in [-0.39, 0.29) is 6.04 Å². The fourth-order valence-electron chi connectivity index (χ4n) is 2.36. The first-order valence-corrected chi connectivity index (χ1v) is 6.87. The van der Waals surface area contributed by atoms with Gasteiger partial charge in [-0.3, -0.25) is 0 Å². The maximum Gasteiger partial charge on any atom is 0.0554 e. The van der Waals surface area contributed by atoms with E-state index in [2.05, 4.69) is 39.0 Å². The van der Waals surface area contributed by atoms with Crippen LogP contribution in [0.2, 0.25) is 5.02 Å². The minimum Gasteiger partial charge on any atom is -0.320 e. The van der Waals surface area contributed by atoms with Crippen LogP contribution in [0.25, 0.3) is 0 Å². The molecule has 100 valence electrons. The van der Waals surface area contributed by atoms with Gasteiger partial charge in [0.25, 0.3) is 0 Å². The zero-order valence-electron chi connectivity index (χ0n) is 11.9. The van der Waals surface area contributed by atoms with Gasteiger partial charge in [0.2, 0.25) is 0 Å². The molecule has 0 aliphatic carbocycles. The van der Waals surface area contributed by atoms with Gasteiger partial charge >= 0.3 is 0 Å². The van der Waals surface area contributed by atoms with E-state index in [1.807, 2.05) is 19.1 Å². The molecule has 0 spiro atoms. The average molecular weight is 274 g/mol. The number of hydrogen-bond donors (Lipinski definition) is 1. The summed E-state index contributed by atoms with van der Waals surface area (Å²) in [7, 11) is 0. The monoisotopic (exact) mass is 273 g/mol. The molecule has 0 aromatic heterocycles. The fourth-order valence-corrected chi connectivity index (χ4v) is 2.48. The lowest BCUT2D eigenvalue weighted by molar-refractivity contribution is 0.857. The molecule has 19 heavy (non-hydrogen) atoms. The van der Waals surface area contributed by atoms with Crippen molar-refractivity contribution in [3.63, 3.8) is 0 Å². The molecule has 1 unspecified atom stereocenters. The number of nitrogens with two attached hydrogens (primary N) is 1. The molecule has 0 aliphatic rings. The van der Waals surface area contributed by atoms with Crippen molar-refractivity contribution in [3.8, 4) is 0 Å². The molecule has 1 atom stereocenters. The lowest BCUT2D eigenvalue weighted by Crippen LogP contribution is -2.14. The largest absolute Gasteiger partial charge is 0.320 e. The Bertz CT molecular complexity index is 617. The highest BCUT2D eigenvalue weighted by molar-refractivity contribution is 6.31. The van der Waals surface area contributed by atoms with E-state index >= 15 is 0 Å². The summed E-state index contributed by atoms with van der Waals surface area (Å²) < 4.78 is 0. The summed E-state index contributed by atoms with van der Waals surface area (Å²) in [4.78, 5) is 0. The number of benzene rings is 2. The first-order chi connectivity index (χ1) is 8.90. The summed E-state index contributed by atoms with van der Waals surface area (Å²) in [5.41, 5.74) is 13.6. The summed E-state index contributed by atoms with van der Waals surface area (Å²) in [6.07, 6.45) is 0. The molecule has 0 saturated carbocycles. The van der Waals surface area contributed by atoms with Gasteiger partial charge in [-0.05, 0) is 67.1 Å². The maximum atomic E-state index is 6.41. The molecule has 0 bridgehead atoms. The zero-order valence-corrected chi connectivity index (χ0v) is 12.7. The van der Waals surface area contributed by atoms with Crippen LogP contribution in [0.4, 0.5) is 0 Å². The topological polar surface area (TPSA) is 26.0 Å². The number of halogens is 1. The summed E-state index contributed by atoms with van der Waals surface area (Å²) in [5.74, 6) is 0. The van der Waals surface area contributed by atoms with Crippen molar-refractivity contribution in [3.05, 3.63) is 68.7 Å². The van der Waals surface area contributed by atoms with Crippen LogP contribution in [0.3, 0.4) is 0 Å². The van der Waals surface area contributed by atoms with Gasteiger partial charge in [0.1, 0.15) is 0 Å². The smallest absolute Gasteiger partial charge is 0.0554 e. The van der Waals surface area contributed by atoms with E-state index in [0.29, 0.717) is 0 Å². The van der Waals surface area contributed by atoms with Gasteiger partial charge in [0, 0.05) is 5.02 Å². The van der Waals surface area contributed by atoms with Crippen LogP contribution >= 0.6 is 11.6 Å². The van der Waals surface area contributed by atoms with E-state index in [4.69, 9.17) is 17.3 Å². The van der Waals surface area contributed by atoms with Crippen LogP contribution in [0.5, 0.6) is 0 Å². The molecule has 0 heterocycles. The Morgan fingerprint density at radius 2 is 1.47 bits per heavy atom. The van der Waals surface area contributed by atoms with Crippen molar-refractivity contribution in [1.29, 1.82) is 0 Å². The quantitative estimate of drug-likeness (QED) is 0.849. The van der Waals surface area contributed by atoms with Crippen molar-refractivity contribution in [2.24, 2.45) is 5.73 Å². The highest BCUT2D eigenvalue weighted by Crippen LogP contribution is 2.27. The molecular weight excluding hydrogens is 254 g/mol. The van der Waals surface area contributed by atoms with Gasteiger partial charge in [-0.1, -0.05) is 35.9 Å². The summed E-state index contributed by atoms with van der Waals surface area (Å²) in [6, 6.07) is 10.3. The predicted molar refractivity (Wildman–Crippen MR) is 82.9 cm³/mol. The fraction of sp³-hybridized carbons (Fsp3) is 0.294. The van der Waals surface area contributed by atoms with E-state index in [0.717, 1.165) is 16.1 Å². The van der Waals surface area contributed by atoms with Crippen LogP contribution in [0.1, 0.15) is 39.4 Å². The van der Waals surface area contributed by atoms with Crippen molar-refractivity contribution in [2.45, 2.75) is 33.7 Å². The normalized spacial score (nSPS) is 12.5. The highest BCUT2D eigenvalue weighted by Gasteiger charge is 2.13. The third-order valence-electron chi connectivity index (χ3n) is 3.76. The SMILES string of the molecule is Cc1cc(C)c(C(N)c2ccc(Cl)c(C)c2)cc1C. The lowest BCUT2D eigenvalue weighted by Gasteiger charge is -2.18. The molecule has 2 N–H and O–H groups in total. The van der Waals surface area contributed by atoms with E-state index in [1.165, 1.54) is 22.3 Å². The van der Waals surface area contributed by atoms with Crippen LogP contribution in [0, 0.1) is 27.7 Å². The first-order valence-electron chi connectivity index (χ1n) is 6.49. The molecule has 0 aliphatic heterocycles. The van der Waals surface area contributed by atoms with Gasteiger partial charge in [-0.15, -0.1) is 0 Å². The summed E-state index contributed by atoms with van der Waals surface area (Å²) >= 11 is 6.07. The Morgan fingerprint density at radius 1 is 0.842 bits per heavy atom. The van der Waals surface area contributed by atoms with Gasteiger partial charge in [-0.25, -0.2) is 0 Å². The van der Waals surface area contributed by atoms with Crippen molar-refractivity contribution in [1.82, 2.24) is 0 Å². The third-order valence-corrected chi connectivity index (χ3v) is 4.18. The van der Waals surface area contributed by atoms with Crippen LogP contribution in [-0.4, -0.2) is 0 Å². The van der Waals surface area contributed by atoms with Gasteiger partial charge in [0.15, 0.2) is 0 Å². The van der Waals surface area contributed by atoms with E-state index < -0.39 is 0 Å². The molecule has 0 fully saturated rings. The average Bonchev–Trinajstić information content (AvgIpc) is 2.36. The van der Waals surface area contributed by atoms with E-state index in [1.54, 1.807) is 0 Å².